The van der Waals surface area contributed by atoms with Crippen molar-refractivity contribution in [3.8, 4) is 11.5 Å². The lowest BCUT2D eigenvalue weighted by atomic mass is 10.1. The summed E-state index contributed by atoms with van der Waals surface area (Å²) in [5.74, 6) is -2.67. The molecule has 0 aliphatic rings. The van der Waals surface area contributed by atoms with E-state index >= 15 is 0 Å². The topological polar surface area (TPSA) is 47.6 Å². The van der Waals surface area contributed by atoms with Crippen LogP contribution in [0.15, 0.2) is 42.5 Å². The fraction of sp³-hybridized carbons (Fsp3) is 0.211. The molecule has 1 unspecified atom stereocenters. The zero-order valence-electron chi connectivity index (χ0n) is 14.5. The summed E-state index contributed by atoms with van der Waals surface area (Å²) in [5.41, 5.74) is 0.587. The van der Waals surface area contributed by atoms with Crippen LogP contribution in [0.5, 0.6) is 11.5 Å². The molecule has 0 saturated carbocycles. The van der Waals surface area contributed by atoms with Gasteiger partial charge in [-0.2, -0.15) is 8.78 Å². The normalized spacial score (nSPS) is 12.3. The van der Waals surface area contributed by atoms with Gasteiger partial charge in [0, 0.05) is 11.6 Å². The number of methoxy groups -OCH3 is 1. The Bertz CT molecular complexity index is 840. The van der Waals surface area contributed by atoms with E-state index in [9.17, 15) is 22.4 Å². The highest BCUT2D eigenvalue weighted by Crippen LogP contribution is 2.33. The standard InChI is InChI=1S/C19H17F4NO3/c1-11(13-6-8-14(20)15(21)10-13)24-17(25)9-7-12-4-3-5-16(26-2)18(12)27-19(22)23/h3-11,19H,1-2H3,(H,24,25)/b9-7+. The maximum absolute atomic E-state index is 13.3. The molecule has 0 bridgehead atoms. The monoisotopic (exact) mass is 383 g/mol. The maximum Gasteiger partial charge on any atom is 0.387 e. The molecule has 2 aromatic rings. The van der Waals surface area contributed by atoms with Crippen LogP contribution in [-0.2, 0) is 4.79 Å². The van der Waals surface area contributed by atoms with E-state index in [0.717, 1.165) is 18.2 Å². The van der Waals surface area contributed by atoms with Crippen molar-refractivity contribution in [1.29, 1.82) is 0 Å². The van der Waals surface area contributed by atoms with Gasteiger partial charge in [-0.05, 0) is 36.8 Å². The number of para-hydroxylation sites is 1. The van der Waals surface area contributed by atoms with Crippen LogP contribution in [0, 0.1) is 11.6 Å². The van der Waals surface area contributed by atoms with E-state index in [4.69, 9.17) is 4.74 Å². The van der Waals surface area contributed by atoms with Crippen molar-refractivity contribution in [1.82, 2.24) is 5.32 Å². The van der Waals surface area contributed by atoms with Crippen molar-refractivity contribution in [3.05, 3.63) is 65.2 Å². The summed E-state index contributed by atoms with van der Waals surface area (Å²) < 4.78 is 60.9. The third-order valence-corrected chi connectivity index (χ3v) is 3.65. The third kappa shape index (κ3) is 5.47. The maximum atomic E-state index is 13.3. The molecule has 4 nitrogen and oxygen atoms in total. The van der Waals surface area contributed by atoms with Crippen molar-refractivity contribution in [3.63, 3.8) is 0 Å². The molecule has 0 heterocycles. The van der Waals surface area contributed by atoms with Crippen molar-refractivity contribution < 1.29 is 31.8 Å². The molecule has 2 rings (SSSR count). The van der Waals surface area contributed by atoms with Gasteiger partial charge in [0.1, 0.15) is 0 Å². The minimum absolute atomic E-state index is 0.0908. The highest BCUT2D eigenvalue weighted by Gasteiger charge is 2.15. The summed E-state index contributed by atoms with van der Waals surface area (Å²) in [7, 11) is 1.30. The predicted octanol–water partition coefficient (Wildman–Crippen LogP) is 4.47. The van der Waals surface area contributed by atoms with Crippen LogP contribution in [0.3, 0.4) is 0 Å². The van der Waals surface area contributed by atoms with Crippen LogP contribution in [0.1, 0.15) is 24.1 Å². The van der Waals surface area contributed by atoms with E-state index in [2.05, 4.69) is 10.1 Å². The molecule has 0 saturated heterocycles. The average Bonchev–Trinajstić information content (AvgIpc) is 2.62. The number of amides is 1. The van der Waals surface area contributed by atoms with Crippen LogP contribution in [-0.4, -0.2) is 19.6 Å². The van der Waals surface area contributed by atoms with E-state index < -0.39 is 30.2 Å². The fourth-order valence-electron chi connectivity index (χ4n) is 2.33. The number of rotatable bonds is 7. The molecule has 0 radical (unpaired) electrons. The number of hydrogen-bond acceptors (Lipinski definition) is 3. The third-order valence-electron chi connectivity index (χ3n) is 3.65. The molecule has 1 amide bonds. The summed E-state index contributed by atoms with van der Waals surface area (Å²) in [6, 6.07) is 7.18. The number of ether oxygens (including phenoxy) is 2. The minimum Gasteiger partial charge on any atom is -0.493 e. The molecule has 27 heavy (non-hydrogen) atoms. The number of halogens is 4. The van der Waals surface area contributed by atoms with Crippen LogP contribution in [0.2, 0.25) is 0 Å². The van der Waals surface area contributed by atoms with Crippen LogP contribution < -0.4 is 14.8 Å². The second-order valence-electron chi connectivity index (χ2n) is 5.49. The summed E-state index contributed by atoms with van der Waals surface area (Å²) in [4.78, 5) is 12.1. The van der Waals surface area contributed by atoms with Crippen molar-refractivity contribution in [2.24, 2.45) is 0 Å². The zero-order valence-corrected chi connectivity index (χ0v) is 14.5. The number of alkyl halides is 2. The molecule has 2 aromatic carbocycles. The van der Waals surface area contributed by atoms with Gasteiger partial charge in [-0.25, -0.2) is 8.78 Å². The first-order valence-electron chi connectivity index (χ1n) is 7.87. The Balaban J connectivity index is 2.13. The van der Waals surface area contributed by atoms with Gasteiger partial charge in [-0.15, -0.1) is 0 Å². The predicted molar refractivity (Wildman–Crippen MR) is 91.6 cm³/mol. The number of carbonyl (C=O) groups excluding carboxylic acids is 1. The Hall–Kier alpha value is -3.03. The van der Waals surface area contributed by atoms with Crippen LogP contribution in [0.25, 0.3) is 6.08 Å². The molecule has 0 fully saturated rings. The number of carbonyl (C=O) groups is 1. The average molecular weight is 383 g/mol. The molecule has 0 aliphatic carbocycles. The van der Waals surface area contributed by atoms with Gasteiger partial charge >= 0.3 is 6.61 Å². The molecule has 0 aromatic heterocycles. The second-order valence-corrected chi connectivity index (χ2v) is 5.49. The van der Waals surface area contributed by atoms with Gasteiger partial charge in [0.05, 0.1) is 13.2 Å². The van der Waals surface area contributed by atoms with Gasteiger partial charge in [-0.3, -0.25) is 4.79 Å². The molecular weight excluding hydrogens is 366 g/mol. The van der Waals surface area contributed by atoms with E-state index in [1.807, 2.05) is 0 Å². The Kier molecular flexibility index (Phi) is 6.81. The second kappa shape index (κ2) is 9.07. The number of hydrogen-bond donors (Lipinski definition) is 1. The highest BCUT2D eigenvalue weighted by atomic mass is 19.3. The Morgan fingerprint density at radius 3 is 2.52 bits per heavy atom. The largest absolute Gasteiger partial charge is 0.493 e. The molecule has 1 N–H and O–H groups in total. The lowest BCUT2D eigenvalue weighted by molar-refractivity contribution is -0.117. The van der Waals surface area contributed by atoms with Crippen molar-refractivity contribution >= 4 is 12.0 Å². The fourth-order valence-corrected chi connectivity index (χ4v) is 2.33. The van der Waals surface area contributed by atoms with Gasteiger partial charge in [0.15, 0.2) is 23.1 Å². The number of nitrogens with one attached hydrogen (secondary N) is 1. The van der Waals surface area contributed by atoms with Crippen LogP contribution in [0.4, 0.5) is 17.6 Å². The summed E-state index contributed by atoms with van der Waals surface area (Å²) in [5, 5.41) is 2.57. The van der Waals surface area contributed by atoms with E-state index in [1.54, 1.807) is 13.0 Å². The molecule has 8 heteroatoms. The first-order valence-corrected chi connectivity index (χ1v) is 7.87. The molecule has 144 valence electrons. The van der Waals surface area contributed by atoms with E-state index in [1.165, 1.54) is 31.4 Å². The Morgan fingerprint density at radius 1 is 1.15 bits per heavy atom. The van der Waals surface area contributed by atoms with E-state index in [0.29, 0.717) is 5.56 Å². The van der Waals surface area contributed by atoms with Crippen molar-refractivity contribution in [2.45, 2.75) is 19.6 Å². The van der Waals surface area contributed by atoms with Crippen molar-refractivity contribution in [2.75, 3.05) is 7.11 Å². The molecule has 0 spiro atoms. The van der Waals surface area contributed by atoms with Crippen LogP contribution >= 0.6 is 0 Å². The van der Waals surface area contributed by atoms with E-state index in [-0.39, 0.29) is 17.1 Å². The summed E-state index contributed by atoms with van der Waals surface area (Å²) in [6.45, 7) is -1.47. The lowest BCUT2D eigenvalue weighted by Crippen LogP contribution is -2.24. The SMILES string of the molecule is COc1cccc(/C=C/C(=O)NC(C)c2ccc(F)c(F)c2)c1OC(F)F. The lowest BCUT2D eigenvalue weighted by Gasteiger charge is -2.14. The smallest absolute Gasteiger partial charge is 0.387 e. The summed E-state index contributed by atoms with van der Waals surface area (Å²) in [6.07, 6.45) is 2.40. The Morgan fingerprint density at radius 2 is 1.89 bits per heavy atom. The molecule has 1 atom stereocenters. The highest BCUT2D eigenvalue weighted by molar-refractivity contribution is 5.92. The van der Waals surface area contributed by atoms with Gasteiger partial charge in [0.25, 0.3) is 0 Å². The molecular formula is C19H17F4NO3. The minimum atomic E-state index is -3.06. The Labute approximate surface area is 153 Å². The zero-order chi connectivity index (χ0) is 20.0. The first kappa shape index (κ1) is 20.3. The van der Waals surface area contributed by atoms with Gasteiger partial charge in [-0.1, -0.05) is 18.2 Å². The molecule has 0 aliphatic heterocycles. The summed E-state index contributed by atoms with van der Waals surface area (Å²) >= 11 is 0. The number of benzene rings is 2. The first-order chi connectivity index (χ1) is 12.8. The van der Waals surface area contributed by atoms with Gasteiger partial charge < -0.3 is 14.8 Å². The van der Waals surface area contributed by atoms with Gasteiger partial charge in [0.2, 0.25) is 5.91 Å². The quantitative estimate of drug-likeness (QED) is 0.567.